The highest BCUT2D eigenvalue weighted by Gasteiger charge is 2.28. The Kier molecular flexibility index (Phi) is 5.68. The van der Waals surface area contributed by atoms with Gasteiger partial charge in [0.05, 0.1) is 0 Å². The molecule has 0 aliphatic carbocycles. The molecule has 0 spiro atoms. The lowest BCUT2D eigenvalue weighted by Crippen LogP contribution is -2.52. The van der Waals surface area contributed by atoms with Crippen molar-refractivity contribution in [3.05, 3.63) is 60.2 Å². The number of ether oxygens (including phenoxy) is 1. The number of hydrogen-bond donors (Lipinski definition) is 1. The fourth-order valence-electron chi connectivity index (χ4n) is 3.05. The van der Waals surface area contributed by atoms with Gasteiger partial charge in [0, 0.05) is 26.2 Å². The average molecular weight is 340 g/mol. The Hall–Kier alpha value is -2.37. The quantitative estimate of drug-likeness (QED) is 0.876. The van der Waals surface area contributed by atoms with Crippen molar-refractivity contribution in [2.24, 2.45) is 0 Å². The number of hydrogen-bond acceptors (Lipinski definition) is 4. The van der Waals surface area contributed by atoms with Crippen molar-refractivity contribution in [3.63, 3.8) is 0 Å². The van der Waals surface area contributed by atoms with Gasteiger partial charge in [-0.2, -0.15) is 0 Å². The number of carboxylic acid groups (broad SMARTS) is 1. The van der Waals surface area contributed by atoms with Gasteiger partial charge in [-0.25, -0.2) is 0 Å². The van der Waals surface area contributed by atoms with Crippen molar-refractivity contribution in [1.82, 2.24) is 9.80 Å². The average Bonchev–Trinajstić information content (AvgIpc) is 2.63. The van der Waals surface area contributed by atoms with Gasteiger partial charge in [0.2, 0.25) is 0 Å². The molecule has 1 aliphatic heterocycles. The van der Waals surface area contributed by atoms with E-state index in [0.29, 0.717) is 6.42 Å². The van der Waals surface area contributed by atoms with E-state index in [2.05, 4.69) is 16.8 Å². The van der Waals surface area contributed by atoms with Gasteiger partial charge in [-0.3, -0.25) is 9.69 Å². The molecule has 5 heteroatoms. The molecular weight excluding hydrogens is 316 g/mol. The molecule has 2 aromatic carbocycles. The molecule has 3 rings (SSSR count). The van der Waals surface area contributed by atoms with Crippen LogP contribution in [0.25, 0.3) is 0 Å². The molecule has 0 saturated carbocycles. The molecule has 1 atom stereocenters. The number of benzene rings is 2. The van der Waals surface area contributed by atoms with Crippen LogP contribution in [-0.4, -0.2) is 60.1 Å². The first-order chi connectivity index (χ1) is 12.1. The maximum absolute atomic E-state index is 11.7. The third kappa shape index (κ3) is 4.81. The first-order valence-electron chi connectivity index (χ1n) is 8.59. The Labute approximate surface area is 148 Å². The lowest BCUT2D eigenvalue weighted by atomic mass is 10.0. The van der Waals surface area contributed by atoms with Crippen LogP contribution in [-0.2, 0) is 11.2 Å². The minimum Gasteiger partial charge on any atom is -0.480 e. The number of para-hydroxylation sites is 1. The van der Waals surface area contributed by atoms with Gasteiger partial charge < -0.3 is 14.7 Å². The number of piperazine rings is 1. The Bertz CT molecular complexity index is 680. The third-order valence-electron chi connectivity index (χ3n) is 4.60. The molecule has 5 nitrogen and oxygen atoms in total. The van der Waals surface area contributed by atoms with Gasteiger partial charge in [-0.1, -0.05) is 30.3 Å². The molecular formula is C20H24N2O3. The van der Waals surface area contributed by atoms with Crippen molar-refractivity contribution >= 4 is 5.97 Å². The Morgan fingerprint density at radius 1 is 1.00 bits per heavy atom. The minimum atomic E-state index is -0.755. The summed E-state index contributed by atoms with van der Waals surface area (Å²) in [4.78, 5) is 16.0. The van der Waals surface area contributed by atoms with E-state index in [1.165, 1.54) is 0 Å². The zero-order chi connectivity index (χ0) is 17.6. The van der Waals surface area contributed by atoms with E-state index in [1.54, 1.807) is 0 Å². The fourth-order valence-corrected chi connectivity index (χ4v) is 3.05. The zero-order valence-electron chi connectivity index (χ0n) is 14.5. The van der Waals surface area contributed by atoms with Crippen LogP contribution in [0.3, 0.4) is 0 Å². The molecule has 1 heterocycles. The Morgan fingerprint density at radius 2 is 1.60 bits per heavy atom. The normalized spacial score (nSPS) is 17.2. The van der Waals surface area contributed by atoms with Crippen molar-refractivity contribution < 1.29 is 14.6 Å². The molecule has 1 saturated heterocycles. The number of rotatable bonds is 6. The summed E-state index contributed by atoms with van der Waals surface area (Å²) in [6.07, 6.45) is 0.505. The summed E-state index contributed by atoms with van der Waals surface area (Å²) in [5.74, 6) is 0.784. The Morgan fingerprint density at radius 3 is 2.20 bits per heavy atom. The van der Waals surface area contributed by atoms with E-state index in [-0.39, 0.29) is 0 Å². The lowest BCUT2D eigenvalue weighted by molar-refractivity contribution is -0.144. The summed E-state index contributed by atoms with van der Waals surface area (Å²) in [5, 5.41) is 9.62. The van der Waals surface area contributed by atoms with E-state index in [1.807, 2.05) is 54.6 Å². The number of carboxylic acids is 1. The molecule has 1 fully saturated rings. The van der Waals surface area contributed by atoms with E-state index >= 15 is 0 Å². The zero-order valence-corrected chi connectivity index (χ0v) is 14.5. The first kappa shape index (κ1) is 17.5. The van der Waals surface area contributed by atoms with E-state index in [9.17, 15) is 9.90 Å². The molecule has 1 N–H and O–H groups in total. The smallest absolute Gasteiger partial charge is 0.321 e. The largest absolute Gasteiger partial charge is 0.480 e. The summed E-state index contributed by atoms with van der Waals surface area (Å²) in [5.41, 5.74) is 1.01. The summed E-state index contributed by atoms with van der Waals surface area (Å²) in [7, 11) is 2.07. The number of aliphatic carboxylic acids is 1. The summed E-state index contributed by atoms with van der Waals surface area (Å²) < 4.78 is 5.78. The fraction of sp³-hybridized carbons (Fsp3) is 0.350. The second-order valence-electron chi connectivity index (χ2n) is 6.46. The van der Waals surface area contributed by atoms with Gasteiger partial charge in [0.25, 0.3) is 0 Å². The number of carbonyl (C=O) groups is 1. The first-order valence-corrected chi connectivity index (χ1v) is 8.59. The highest BCUT2D eigenvalue weighted by Crippen LogP contribution is 2.22. The second kappa shape index (κ2) is 8.14. The van der Waals surface area contributed by atoms with Crippen LogP contribution in [0.1, 0.15) is 5.56 Å². The van der Waals surface area contributed by atoms with Crippen LogP contribution >= 0.6 is 0 Å². The monoisotopic (exact) mass is 340 g/mol. The van der Waals surface area contributed by atoms with Crippen LogP contribution in [0.5, 0.6) is 11.5 Å². The highest BCUT2D eigenvalue weighted by molar-refractivity contribution is 5.74. The SMILES string of the molecule is CN1CCN(C(Cc2ccc(Oc3ccccc3)cc2)C(=O)O)CC1. The van der Waals surface area contributed by atoms with Crippen LogP contribution in [0, 0.1) is 0 Å². The van der Waals surface area contributed by atoms with Gasteiger partial charge in [0.1, 0.15) is 17.5 Å². The van der Waals surface area contributed by atoms with E-state index < -0.39 is 12.0 Å². The van der Waals surface area contributed by atoms with Crippen LogP contribution in [0.15, 0.2) is 54.6 Å². The Balaban J connectivity index is 1.63. The van der Waals surface area contributed by atoms with Gasteiger partial charge in [-0.05, 0) is 43.3 Å². The van der Waals surface area contributed by atoms with Crippen molar-refractivity contribution in [1.29, 1.82) is 0 Å². The van der Waals surface area contributed by atoms with E-state index in [4.69, 9.17) is 4.74 Å². The molecule has 2 aromatic rings. The van der Waals surface area contributed by atoms with Crippen molar-refractivity contribution in [2.75, 3.05) is 33.2 Å². The van der Waals surface area contributed by atoms with Gasteiger partial charge >= 0.3 is 5.97 Å². The van der Waals surface area contributed by atoms with Crippen LogP contribution < -0.4 is 4.74 Å². The predicted molar refractivity (Wildman–Crippen MR) is 97.2 cm³/mol. The predicted octanol–water partition coefficient (Wildman–Crippen LogP) is 2.72. The second-order valence-corrected chi connectivity index (χ2v) is 6.46. The summed E-state index contributed by atoms with van der Waals surface area (Å²) >= 11 is 0. The summed E-state index contributed by atoms with van der Waals surface area (Å²) in [6.45, 7) is 3.41. The van der Waals surface area contributed by atoms with Crippen LogP contribution in [0.2, 0.25) is 0 Å². The molecule has 1 unspecified atom stereocenters. The number of nitrogens with zero attached hydrogens (tertiary/aromatic N) is 2. The maximum atomic E-state index is 11.7. The number of likely N-dealkylation sites (N-methyl/N-ethyl adjacent to an activating group) is 1. The van der Waals surface area contributed by atoms with Gasteiger partial charge in [0.15, 0.2) is 0 Å². The molecule has 1 aliphatic rings. The van der Waals surface area contributed by atoms with Crippen molar-refractivity contribution in [3.8, 4) is 11.5 Å². The maximum Gasteiger partial charge on any atom is 0.321 e. The molecule has 0 amide bonds. The highest BCUT2D eigenvalue weighted by atomic mass is 16.5. The standard InChI is InChI=1S/C20H24N2O3/c1-21-11-13-22(14-12-21)19(20(23)24)15-16-7-9-18(10-8-16)25-17-5-3-2-4-6-17/h2-10,19H,11-15H2,1H3,(H,23,24). The molecule has 0 bridgehead atoms. The van der Waals surface area contributed by atoms with Gasteiger partial charge in [-0.15, -0.1) is 0 Å². The third-order valence-corrected chi connectivity index (χ3v) is 4.60. The topological polar surface area (TPSA) is 53.0 Å². The molecule has 0 radical (unpaired) electrons. The molecule has 25 heavy (non-hydrogen) atoms. The molecule has 0 aromatic heterocycles. The molecule has 132 valence electrons. The van der Waals surface area contributed by atoms with Crippen LogP contribution in [0.4, 0.5) is 0 Å². The summed E-state index contributed by atoms with van der Waals surface area (Å²) in [6, 6.07) is 16.8. The van der Waals surface area contributed by atoms with Crippen molar-refractivity contribution in [2.45, 2.75) is 12.5 Å². The van der Waals surface area contributed by atoms with E-state index in [0.717, 1.165) is 43.2 Å². The lowest BCUT2D eigenvalue weighted by Gasteiger charge is -2.36. The minimum absolute atomic E-state index is 0.477.